The SMILES string of the molecule is CC(C)CN(C[C@@H](O)[C@@H](N)Cc1ccccc1)S(=O)(=O)c1ccc(CO)cc1. The minimum Gasteiger partial charge on any atom is -0.392 e. The maximum absolute atomic E-state index is 13.1. The van der Waals surface area contributed by atoms with Gasteiger partial charge >= 0.3 is 0 Å². The third-order valence-electron chi connectivity index (χ3n) is 4.51. The zero-order valence-corrected chi connectivity index (χ0v) is 17.2. The molecule has 0 saturated carbocycles. The highest BCUT2D eigenvalue weighted by atomic mass is 32.2. The fourth-order valence-corrected chi connectivity index (χ4v) is 4.58. The molecule has 7 heteroatoms. The van der Waals surface area contributed by atoms with Crippen molar-refractivity contribution in [1.29, 1.82) is 0 Å². The number of sulfonamides is 1. The maximum atomic E-state index is 13.1. The quantitative estimate of drug-likeness (QED) is 0.558. The first-order chi connectivity index (χ1) is 13.2. The highest BCUT2D eigenvalue weighted by molar-refractivity contribution is 7.89. The molecule has 0 fully saturated rings. The highest BCUT2D eigenvalue weighted by Gasteiger charge is 2.29. The van der Waals surface area contributed by atoms with Gasteiger partial charge in [-0.3, -0.25) is 0 Å². The van der Waals surface area contributed by atoms with Crippen LogP contribution in [0.25, 0.3) is 0 Å². The van der Waals surface area contributed by atoms with Gasteiger partial charge in [-0.05, 0) is 35.6 Å². The third kappa shape index (κ3) is 6.12. The van der Waals surface area contributed by atoms with Gasteiger partial charge in [0, 0.05) is 19.1 Å². The Kier molecular flexibility index (Phi) is 8.15. The fourth-order valence-electron chi connectivity index (χ4n) is 2.96. The van der Waals surface area contributed by atoms with Crippen molar-refractivity contribution < 1.29 is 18.6 Å². The molecule has 0 aliphatic rings. The summed E-state index contributed by atoms with van der Waals surface area (Å²) in [6.45, 7) is 3.90. The summed E-state index contributed by atoms with van der Waals surface area (Å²) in [4.78, 5) is 0.134. The molecule has 0 aliphatic carbocycles. The van der Waals surface area contributed by atoms with Crippen LogP contribution >= 0.6 is 0 Å². The zero-order chi connectivity index (χ0) is 20.7. The van der Waals surface area contributed by atoms with E-state index in [4.69, 9.17) is 10.8 Å². The lowest BCUT2D eigenvalue weighted by molar-refractivity contribution is 0.116. The van der Waals surface area contributed by atoms with Gasteiger partial charge in [0.25, 0.3) is 0 Å². The normalized spacial score (nSPS) is 14.4. The van der Waals surface area contributed by atoms with Crippen molar-refractivity contribution in [2.45, 2.75) is 43.9 Å². The molecule has 0 radical (unpaired) electrons. The second-order valence-corrected chi connectivity index (χ2v) is 9.38. The van der Waals surface area contributed by atoms with Crippen molar-refractivity contribution in [3.63, 3.8) is 0 Å². The Bertz CT molecular complexity index is 823. The van der Waals surface area contributed by atoms with Gasteiger partial charge in [-0.25, -0.2) is 8.42 Å². The summed E-state index contributed by atoms with van der Waals surface area (Å²) in [5.74, 6) is 0.0871. The van der Waals surface area contributed by atoms with Crippen LogP contribution in [0.2, 0.25) is 0 Å². The lowest BCUT2D eigenvalue weighted by Crippen LogP contribution is -2.47. The number of hydrogen-bond acceptors (Lipinski definition) is 5. The predicted octanol–water partition coefficient (Wildman–Crippen LogP) is 1.76. The predicted molar refractivity (Wildman–Crippen MR) is 110 cm³/mol. The molecule has 0 amide bonds. The number of nitrogens with zero attached hydrogens (tertiary/aromatic N) is 1. The Balaban J connectivity index is 2.17. The molecular weight excluding hydrogens is 376 g/mol. The molecule has 4 N–H and O–H groups in total. The molecule has 0 saturated heterocycles. The number of aliphatic hydroxyl groups is 2. The van der Waals surface area contributed by atoms with Crippen molar-refractivity contribution in [3.8, 4) is 0 Å². The van der Waals surface area contributed by atoms with Gasteiger partial charge in [0.2, 0.25) is 10.0 Å². The van der Waals surface area contributed by atoms with E-state index >= 15 is 0 Å². The van der Waals surface area contributed by atoms with Gasteiger partial charge in [-0.15, -0.1) is 0 Å². The number of rotatable bonds is 10. The molecular formula is C21H30N2O4S. The van der Waals surface area contributed by atoms with Crippen LogP contribution in [0.5, 0.6) is 0 Å². The molecule has 0 heterocycles. The highest BCUT2D eigenvalue weighted by Crippen LogP contribution is 2.19. The zero-order valence-electron chi connectivity index (χ0n) is 16.4. The lowest BCUT2D eigenvalue weighted by atomic mass is 10.0. The van der Waals surface area contributed by atoms with Crippen molar-refractivity contribution in [3.05, 3.63) is 65.7 Å². The van der Waals surface area contributed by atoms with Crippen LogP contribution in [-0.4, -0.2) is 48.2 Å². The Hall–Kier alpha value is -1.77. The van der Waals surface area contributed by atoms with Crippen molar-refractivity contribution in [1.82, 2.24) is 4.31 Å². The molecule has 2 aromatic carbocycles. The van der Waals surface area contributed by atoms with Crippen molar-refractivity contribution >= 4 is 10.0 Å². The van der Waals surface area contributed by atoms with Crippen molar-refractivity contribution in [2.24, 2.45) is 11.7 Å². The minimum absolute atomic E-state index is 0.0731. The third-order valence-corrected chi connectivity index (χ3v) is 6.36. The molecule has 6 nitrogen and oxygen atoms in total. The van der Waals surface area contributed by atoms with Crippen LogP contribution in [0.1, 0.15) is 25.0 Å². The second-order valence-electron chi connectivity index (χ2n) is 7.44. The molecule has 2 aromatic rings. The first-order valence-electron chi connectivity index (χ1n) is 9.41. The maximum Gasteiger partial charge on any atom is 0.243 e. The Labute approximate surface area is 167 Å². The Morgan fingerprint density at radius 3 is 2.11 bits per heavy atom. The molecule has 0 bridgehead atoms. The van der Waals surface area contributed by atoms with Crippen LogP contribution < -0.4 is 5.73 Å². The second kappa shape index (κ2) is 10.1. The van der Waals surface area contributed by atoms with Crippen molar-refractivity contribution in [2.75, 3.05) is 13.1 Å². The van der Waals surface area contributed by atoms with Crippen LogP contribution in [0.15, 0.2) is 59.5 Å². The van der Waals surface area contributed by atoms with Gasteiger partial charge < -0.3 is 15.9 Å². The van der Waals surface area contributed by atoms with E-state index in [1.807, 2.05) is 44.2 Å². The van der Waals surface area contributed by atoms with Gasteiger partial charge in [0.05, 0.1) is 17.6 Å². The molecule has 0 aromatic heterocycles. The summed E-state index contributed by atoms with van der Waals surface area (Å²) < 4.78 is 27.5. The molecule has 0 spiro atoms. The Morgan fingerprint density at radius 2 is 1.57 bits per heavy atom. The van der Waals surface area contributed by atoms with E-state index in [-0.39, 0.29) is 30.5 Å². The monoisotopic (exact) mass is 406 g/mol. The molecule has 28 heavy (non-hydrogen) atoms. The average molecular weight is 407 g/mol. The van der Waals surface area contributed by atoms with E-state index < -0.39 is 22.2 Å². The van der Waals surface area contributed by atoms with Gasteiger partial charge in [0.1, 0.15) is 0 Å². The van der Waals surface area contributed by atoms with E-state index in [1.54, 1.807) is 12.1 Å². The number of benzene rings is 2. The number of aliphatic hydroxyl groups excluding tert-OH is 2. The van der Waals surface area contributed by atoms with Crippen LogP contribution in [-0.2, 0) is 23.1 Å². The standard InChI is InChI=1S/C21H30N2O4S/c1-16(2)13-23(28(26,27)19-10-8-18(15-24)9-11-19)14-21(25)20(22)12-17-6-4-3-5-7-17/h3-11,16,20-21,24-25H,12-15,22H2,1-2H3/t20-,21+/m0/s1. The molecule has 2 rings (SSSR count). The smallest absolute Gasteiger partial charge is 0.243 e. The largest absolute Gasteiger partial charge is 0.392 e. The molecule has 0 aliphatic heterocycles. The molecule has 2 atom stereocenters. The summed E-state index contributed by atoms with van der Waals surface area (Å²) in [5.41, 5.74) is 7.78. The fraction of sp³-hybridized carbons (Fsp3) is 0.429. The summed E-state index contributed by atoms with van der Waals surface area (Å²) in [5, 5.41) is 19.7. The Morgan fingerprint density at radius 1 is 0.964 bits per heavy atom. The van der Waals surface area contributed by atoms with Gasteiger partial charge in [-0.2, -0.15) is 4.31 Å². The van der Waals surface area contributed by atoms with E-state index in [0.29, 0.717) is 12.0 Å². The van der Waals surface area contributed by atoms with Crippen LogP contribution in [0, 0.1) is 5.92 Å². The summed E-state index contributed by atoms with van der Waals surface area (Å²) in [6.07, 6.45) is -0.534. The van der Waals surface area contributed by atoms with Gasteiger partial charge in [-0.1, -0.05) is 56.3 Å². The average Bonchev–Trinajstić information content (AvgIpc) is 2.67. The summed E-state index contributed by atoms with van der Waals surface area (Å²) >= 11 is 0. The lowest BCUT2D eigenvalue weighted by Gasteiger charge is -2.28. The van der Waals surface area contributed by atoms with E-state index in [0.717, 1.165) is 5.56 Å². The first kappa shape index (κ1) is 22.5. The van der Waals surface area contributed by atoms with E-state index in [2.05, 4.69) is 0 Å². The molecule has 154 valence electrons. The van der Waals surface area contributed by atoms with Crippen LogP contribution in [0.4, 0.5) is 0 Å². The van der Waals surface area contributed by atoms with E-state index in [9.17, 15) is 13.5 Å². The topological polar surface area (TPSA) is 104 Å². The minimum atomic E-state index is -3.79. The molecule has 0 unspecified atom stereocenters. The van der Waals surface area contributed by atoms with E-state index in [1.165, 1.54) is 16.4 Å². The van der Waals surface area contributed by atoms with Crippen LogP contribution in [0.3, 0.4) is 0 Å². The number of hydrogen-bond donors (Lipinski definition) is 3. The van der Waals surface area contributed by atoms with Gasteiger partial charge in [0.15, 0.2) is 0 Å². The summed E-state index contributed by atoms with van der Waals surface area (Å²) in [7, 11) is -3.79. The number of nitrogens with two attached hydrogens (primary N) is 1. The summed E-state index contributed by atoms with van der Waals surface area (Å²) in [6, 6.07) is 15.1. The first-order valence-corrected chi connectivity index (χ1v) is 10.9.